The Morgan fingerprint density at radius 2 is 2.12 bits per heavy atom. The predicted molar refractivity (Wildman–Crippen MR) is 65.0 cm³/mol. The lowest BCUT2D eigenvalue weighted by Gasteiger charge is -2.06. The van der Waals surface area contributed by atoms with E-state index in [1.807, 2.05) is 0 Å². The average Bonchev–Trinajstić information content (AvgIpc) is 2.29. The van der Waals surface area contributed by atoms with Gasteiger partial charge < -0.3 is 11.1 Å². The largest absolute Gasteiger partial charge is 0.399 e. The second kappa shape index (κ2) is 4.48. The molecule has 1 aromatic carbocycles. The maximum atomic E-state index is 10.8. The van der Waals surface area contributed by atoms with E-state index in [4.69, 9.17) is 5.73 Å². The van der Waals surface area contributed by atoms with Crippen LogP contribution in [0.15, 0.2) is 42.6 Å². The third kappa shape index (κ3) is 2.49. The van der Waals surface area contributed by atoms with Gasteiger partial charge in [0.1, 0.15) is 0 Å². The molecule has 86 valence electrons. The molecule has 0 bridgehead atoms. The van der Waals surface area contributed by atoms with Crippen molar-refractivity contribution >= 4 is 22.9 Å². The third-order valence-electron chi connectivity index (χ3n) is 2.13. The number of anilines is 3. The molecule has 6 nitrogen and oxygen atoms in total. The molecule has 6 heteroatoms. The van der Waals surface area contributed by atoms with Gasteiger partial charge >= 0.3 is 5.69 Å². The third-order valence-corrected chi connectivity index (χ3v) is 2.13. The molecular formula is C11H10N4O2. The highest BCUT2D eigenvalue weighted by Crippen LogP contribution is 2.25. The first-order chi connectivity index (χ1) is 8.16. The van der Waals surface area contributed by atoms with Gasteiger partial charge in [-0.2, -0.15) is 0 Å². The van der Waals surface area contributed by atoms with Crippen molar-refractivity contribution in [1.82, 2.24) is 4.98 Å². The summed E-state index contributed by atoms with van der Waals surface area (Å²) in [5.74, 6) is 0.197. The van der Waals surface area contributed by atoms with Crippen LogP contribution in [0.5, 0.6) is 0 Å². The molecule has 0 amide bonds. The molecule has 0 atom stereocenters. The van der Waals surface area contributed by atoms with Crippen LogP contribution in [0, 0.1) is 10.1 Å². The Hall–Kier alpha value is -2.63. The van der Waals surface area contributed by atoms with Crippen LogP contribution in [0.3, 0.4) is 0 Å². The minimum absolute atomic E-state index is 0.0741. The predicted octanol–water partition coefficient (Wildman–Crippen LogP) is 2.32. The first kappa shape index (κ1) is 10.9. The van der Waals surface area contributed by atoms with Crippen molar-refractivity contribution in [3.05, 3.63) is 52.7 Å². The molecule has 2 rings (SSSR count). The molecule has 2 aromatic rings. The standard InChI is InChI=1S/C11H10N4O2/c12-8-3-1-4-9(7-8)14-11-10(15(16)17)5-2-6-13-11/h1-7H,12H2,(H,13,14). The minimum Gasteiger partial charge on any atom is -0.399 e. The van der Waals surface area contributed by atoms with Gasteiger partial charge in [-0.15, -0.1) is 0 Å². The number of hydrogen-bond acceptors (Lipinski definition) is 5. The maximum Gasteiger partial charge on any atom is 0.311 e. The SMILES string of the molecule is Nc1cccc(Nc2ncccc2[N+](=O)[O-])c1. The normalized spacial score (nSPS) is 9.88. The molecule has 0 aliphatic rings. The summed E-state index contributed by atoms with van der Waals surface area (Å²) in [6, 6.07) is 9.84. The quantitative estimate of drug-likeness (QED) is 0.479. The van der Waals surface area contributed by atoms with Crippen LogP contribution >= 0.6 is 0 Å². The Balaban J connectivity index is 2.33. The van der Waals surface area contributed by atoms with E-state index >= 15 is 0 Å². The molecule has 1 heterocycles. The fraction of sp³-hybridized carbons (Fsp3) is 0. The summed E-state index contributed by atoms with van der Waals surface area (Å²) in [4.78, 5) is 14.2. The summed E-state index contributed by atoms with van der Waals surface area (Å²) >= 11 is 0. The Bertz CT molecular complexity index is 557. The van der Waals surface area contributed by atoms with Crippen LogP contribution in [-0.4, -0.2) is 9.91 Å². The van der Waals surface area contributed by atoms with Crippen molar-refractivity contribution in [2.24, 2.45) is 0 Å². The number of nitrogens with one attached hydrogen (secondary N) is 1. The number of nitrogens with zero attached hydrogens (tertiary/aromatic N) is 2. The molecular weight excluding hydrogens is 220 g/mol. The fourth-order valence-electron chi connectivity index (χ4n) is 1.39. The molecule has 3 N–H and O–H groups in total. The summed E-state index contributed by atoms with van der Waals surface area (Å²) in [7, 11) is 0. The van der Waals surface area contributed by atoms with E-state index in [0.29, 0.717) is 11.4 Å². The number of nitrogen functional groups attached to an aromatic ring is 1. The van der Waals surface area contributed by atoms with E-state index < -0.39 is 4.92 Å². The van der Waals surface area contributed by atoms with Gasteiger partial charge in [-0.1, -0.05) is 6.07 Å². The Kier molecular flexibility index (Phi) is 2.87. The van der Waals surface area contributed by atoms with E-state index in [2.05, 4.69) is 10.3 Å². The smallest absolute Gasteiger partial charge is 0.311 e. The Labute approximate surface area is 97.3 Å². The summed E-state index contributed by atoms with van der Waals surface area (Å²) < 4.78 is 0. The first-order valence-electron chi connectivity index (χ1n) is 4.89. The summed E-state index contributed by atoms with van der Waals surface area (Å²) in [6.07, 6.45) is 1.49. The molecule has 0 spiro atoms. The zero-order chi connectivity index (χ0) is 12.3. The van der Waals surface area contributed by atoms with Crippen LogP contribution in [0.2, 0.25) is 0 Å². The lowest BCUT2D eigenvalue weighted by molar-refractivity contribution is -0.384. The number of hydrogen-bond donors (Lipinski definition) is 2. The number of pyridine rings is 1. The van der Waals surface area contributed by atoms with Crippen LogP contribution in [0.4, 0.5) is 22.9 Å². The van der Waals surface area contributed by atoms with Crippen molar-refractivity contribution in [1.29, 1.82) is 0 Å². The molecule has 0 aliphatic carbocycles. The lowest BCUT2D eigenvalue weighted by atomic mass is 10.3. The second-order valence-electron chi connectivity index (χ2n) is 3.38. The van der Waals surface area contributed by atoms with E-state index in [9.17, 15) is 10.1 Å². The van der Waals surface area contributed by atoms with Crippen LogP contribution in [0.1, 0.15) is 0 Å². The van der Waals surface area contributed by atoms with Crippen molar-refractivity contribution in [3.63, 3.8) is 0 Å². The number of aromatic nitrogens is 1. The highest BCUT2D eigenvalue weighted by atomic mass is 16.6. The summed E-state index contributed by atoms with van der Waals surface area (Å²) in [5, 5.41) is 13.6. The number of benzene rings is 1. The highest BCUT2D eigenvalue weighted by Gasteiger charge is 2.13. The van der Waals surface area contributed by atoms with Crippen LogP contribution in [-0.2, 0) is 0 Å². The minimum atomic E-state index is -0.484. The van der Waals surface area contributed by atoms with E-state index in [-0.39, 0.29) is 11.5 Å². The topological polar surface area (TPSA) is 94.1 Å². The molecule has 17 heavy (non-hydrogen) atoms. The number of rotatable bonds is 3. The van der Waals surface area contributed by atoms with Crippen LogP contribution in [0.25, 0.3) is 0 Å². The average molecular weight is 230 g/mol. The molecule has 0 saturated carbocycles. The van der Waals surface area contributed by atoms with E-state index in [1.54, 1.807) is 24.3 Å². The fourth-order valence-corrected chi connectivity index (χ4v) is 1.39. The highest BCUT2D eigenvalue weighted by molar-refractivity contribution is 5.67. The lowest BCUT2D eigenvalue weighted by Crippen LogP contribution is -1.99. The van der Waals surface area contributed by atoms with Gasteiger partial charge in [0, 0.05) is 23.6 Å². The van der Waals surface area contributed by atoms with Gasteiger partial charge in [-0.25, -0.2) is 4.98 Å². The van der Waals surface area contributed by atoms with E-state index in [1.165, 1.54) is 18.3 Å². The molecule has 0 saturated heterocycles. The maximum absolute atomic E-state index is 10.8. The van der Waals surface area contributed by atoms with Gasteiger partial charge in [0.2, 0.25) is 5.82 Å². The molecule has 0 aliphatic heterocycles. The second-order valence-corrected chi connectivity index (χ2v) is 3.38. The van der Waals surface area contributed by atoms with E-state index in [0.717, 1.165) is 0 Å². The molecule has 1 aromatic heterocycles. The van der Waals surface area contributed by atoms with Gasteiger partial charge in [-0.3, -0.25) is 10.1 Å². The van der Waals surface area contributed by atoms with Crippen molar-refractivity contribution < 1.29 is 4.92 Å². The van der Waals surface area contributed by atoms with Crippen molar-refractivity contribution in [2.45, 2.75) is 0 Å². The molecule has 0 radical (unpaired) electrons. The van der Waals surface area contributed by atoms with Crippen molar-refractivity contribution in [2.75, 3.05) is 11.1 Å². The first-order valence-corrected chi connectivity index (χ1v) is 4.89. The molecule has 0 fully saturated rings. The summed E-state index contributed by atoms with van der Waals surface area (Å²) in [6.45, 7) is 0. The Morgan fingerprint density at radius 1 is 1.29 bits per heavy atom. The van der Waals surface area contributed by atoms with Gasteiger partial charge in [0.15, 0.2) is 0 Å². The number of nitro groups is 1. The van der Waals surface area contributed by atoms with Crippen LogP contribution < -0.4 is 11.1 Å². The van der Waals surface area contributed by atoms with Gasteiger partial charge in [0.05, 0.1) is 4.92 Å². The number of nitrogens with two attached hydrogens (primary N) is 1. The monoisotopic (exact) mass is 230 g/mol. The Morgan fingerprint density at radius 3 is 2.82 bits per heavy atom. The zero-order valence-corrected chi connectivity index (χ0v) is 8.83. The summed E-state index contributed by atoms with van der Waals surface area (Å²) in [5.41, 5.74) is 6.78. The van der Waals surface area contributed by atoms with Crippen molar-refractivity contribution in [3.8, 4) is 0 Å². The van der Waals surface area contributed by atoms with Gasteiger partial charge in [0.25, 0.3) is 0 Å². The molecule has 0 unspecified atom stereocenters. The zero-order valence-electron chi connectivity index (χ0n) is 8.83. The van der Waals surface area contributed by atoms with Gasteiger partial charge in [-0.05, 0) is 24.3 Å².